The lowest BCUT2D eigenvalue weighted by molar-refractivity contribution is -0.129. The minimum absolute atomic E-state index is 0.0559. The van der Waals surface area contributed by atoms with Gasteiger partial charge >= 0.3 is 0 Å². The smallest absolute Gasteiger partial charge is 0.256 e. The number of aryl methyl sites for hydroxylation is 1. The Kier molecular flexibility index (Phi) is 5.80. The van der Waals surface area contributed by atoms with Crippen molar-refractivity contribution < 1.29 is 18.0 Å². The number of carbonyl (C=O) groups excluding carboxylic acids is 2. The Balaban J connectivity index is 1.77. The van der Waals surface area contributed by atoms with Crippen molar-refractivity contribution in [3.63, 3.8) is 0 Å². The number of nitrogens with zero attached hydrogens (tertiary/aromatic N) is 4. The number of hydrogen-bond acceptors (Lipinski definition) is 5. The van der Waals surface area contributed by atoms with Gasteiger partial charge in [0.1, 0.15) is 5.82 Å². The normalized spacial score (nSPS) is 15.4. The van der Waals surface area contributed by atoms with Gasteiger partial charge in [-0.2, -0.15) is 9.40 Å². The first-order chi connectivity index (χ1) is 13.3. The lowest BCUT2D eigenvalue weighted by atomic mass is 10.2. The molecule has 28 heavy (non-hydrogen) atoms. The number of carbonyl (C=O) groups is 2. The fraction of sp³-hybridized carbons (Fsp3) is 0.389. The molecule has 1 N–H and O–H groups in total. The van der Waals surface area contributed by atoms with E-state index in [1.54, 1.807) is 34.0 Å². The number of hydrogen-bond donors (Lipinski definition) is 1. The average molecular weight is 405 g/mol. The SMILES string of the molecule is CCn1nccc1NC(=O)c1cccc(S(=O)(=O)N2CCN(C(C)=O)CC2)c1. The van der Waals surface area contributed by atoms with E-state index in [0.29, 0.717) is 25.5 Å². The van der Waals surface area contributed by atoms with Crippen LogP contribution in [0.3, 0.4) is 0 Å². The second-order valence-corrected chi connectivity index (χ2v) is 8.36. The molecular weight excluding hydrogens is 382 g/mol. The summed E-state index contributed by atoms with van der Waals surface area (Å²) in [6, 6.07) is 7.63. The van der Waals surface area contributed by atoms with Crippen molar-refractivity contribution in [2.45, 2.75) is 25.3 Å². The quantitative estimate of drug-likeness (QED) is 0.799. The van der Waals surface area contributed by atoms with Crippen molar-refractivity contribution in [3.05, 3.63) is 42.1 Å². The molecule has 1 aromatic heterocycles. The van der Waals surface area contributed by atoms with Gasteiger partial charge in [-0.1, -0.05) is 6.07 Å². The molecule has 3 rings (SSSR count). The fourth-order valence-electron chi connectivity index (χ4n) is 3.07. The third kappa shape index (κ3) is 4.07. The molecule has 2 aromatic rings. The van der Waals surface area contributed by atoms with Gasteiger partial charge in [-0.25, -0.2) is 13.1 Å². The highest BCUT2D eigenvalue weighted by Gasteiger charge is 2.29. The number of amides is 2. The Labute approximate surface area is 164 Å². The highest BCUT2D eigenvalue weighted by Crippen LogP contribution is 2.20. The number of nitrogens with one attached hydrogen (secondary N) is 1. The van der Waals surface area contributed by atoms with Crippen LogP contribution < -0.4 is 5.32 Å². The third-order valence-corrected chi connectivity index (χ3v) is 6.57. The molecule has 9 nitrogen and oxygen atoms in total. The molecule has 1 saturated heterocycles. The van der Waals surface area contributed by atoms with E-state index in [2.05, 4.69) is 10.4 Å². The van der Waals surface area contributed by atoms with E-state index < -0.39 is 15.9 Å². The van der Waals surface area contributed by atoms with E-state index >= 15 is 0 Å². The lowest BCUT2D eigenvalue weighted by Crippen LogP contribution is -2.49. The molecule has 1 aliphatic heterocycles. The first kappa shape index (κ1) is 20.0. The van der Waals surface area contributed by atoms with Gasteiger partial charge in [-0.3, -0.25) is 9.59 Å². The van der Waals surface area contributed by atoms with Gasteiger partial charge < -0.3 is 10.2 Å². The zero-order valence-electron chi connectivity index (χ0n) is 15.8. The number of aromatic nitrogens is 2. The number of rotatable bonds is 5. The summed E-state index contributed by atoms with van der Waals surface area (Å²) >= 11 is 0. The maximum Gasteiger partial charge on any atom is 0.256 e. The molecule has 0 radical (unpaired) electrons. The zero-order chi connectivity index (χ0) is 20.3. The van der Waals surface area contributed by atoms with Crippen molar-refractivity contribution >= 4 is 27.7 Å². The number of piperazine rings is 1. The van der Waals surface area contributed by atoms with Crippen molar-refractivity contribution in [2.24, 2.45) is 0 Å². The van der Waals surface area contributed by atoms with Crippen LogP contribution in [0.4, 0.5) is 5.82 Å². The Hall–Kier alpha value is -2.72. The van der Waals surface area contributed by atoms with Crippen molar-refractivity contribution in [1.82, 2.24) is 19.0 Å². The highest BCUT2D eigenvalue weighted by atomic mass is 32.2. The van der Waals surface area contributed by atoms with E-state index in [-0.39, 0.29) is 29.5 Å². The van der Waals surface area contributed by atoms with Crippen LogP contribution in [-0.2, 0) is 21.4 Å². The number of sulfonamides is 1. The lowest BCUT2D eigenvalue weighted by Gasteiger charge is -2.33. The van der Waals surface area contributed by atoms with Crippen molar-refractivity contribution in [2.75, 3.05) is 31.5 Å². The Morgan fingerprint density at radius 2 is 1.86 bits per heavy atom. The average Bonchev–Trinajstić information content (AvgIpc) is 3.15. The second kappa shape index (κ2) is 8.11. The van der Waals surface area contributed by atoms with E-state index in [1.165, 1.54) is 23.4 Å². The molecule has 1 aliphatic rings. The topological polar surface area (TPSA) is 105 Å². The maximum atomic E-state index is 12.9. The maximum absolute atomic E-state index is 12.9. The van der Waals surface area contributed by atoms with Crippen LogP contribution in [0.25, 0.3) is 0 Å². The molecule has 10 heteroatoms. The molecule has 0 spiro atoms. The largest absolute Gasteiger partial charge is 0.340 e. The molecule has 2 amide bonds. The summed E-state index contributed by atoms with van der Waals surface area (Å²) in [6.07, 6.45) is 1.58. The molecule has 150 valence electrons. The molecule has 2 heterocycles. The summed E-state index contributed by atoms with van der Waals surface area (Å²) < 4.78 is 28.8. The monoisotopic (exact) mass is 405 g/mol. The zero-order valence-corrected chi connectivity index (χ0v) is 16.6. The van der Waals surface area contributed by atoms with Crippen LogP contribution in [-0.4, -0.2) is 65.4 Å². The standard InChI is InChI=1S/C18H23N5O4S/c1-3-23-17(7-8-19-23)20-18(25)15-5-4-6-16(13-15)28(26,27)22-11-9-21(10-12-22)14(2)24/h4-8,13H,3,9-12H2,1-2H3,(H,20,25). The van der Waals surface area contributed by atoms with Gasteiger partial charge in [-0.15, -0.1) is 0 Å². The Morgan fingerprint density at radius 1 is 1.14 bits per heavy atom. The first-order valence-corrected chi connectivity index (χ1v) is 10.5. The summed E-state index contributed by atoms with van der Waals surface area (Å²) in [5.41, 5.74) is 0.243. The minimum Gasteiger partial charge on any atom is -0.340 e. The summed E-state index contributed by atoms with van der Waals surface area (Å²) in [5, 5.41) is 6.83. The highest BCUT2D eigenvalue weighted by molar-refractivity contribution is 7.89. The molecule has 0 bridgehead atoms. The van der Waals surface area contributed by atoms with Crippen LogP contribution >= 0.6 is 0 Å². The van der Waals surface area contributed by atoms with Crippen LogP contribution in [0.1, 0.15) is 24.2 Å². The van der Waals surface area contributed by atoms with Gasteiger partial charge in [0, 0.05) is 51.3 Å². The van der Waals surface area contributed by atoms with E-state index in [4.69, 9.17) is 0 Å². The van der Waals surface area contributed by atoms with Gasteiger partial charge in [0.2, 0.25) is 15.9 Å². The van der Waals surface area contributed by atoms with Gasteiger partial charge in [0.05, 0.1) is 11.1 Å². The summed E-state index contributed by atoms with van der Waals surface area (Å²) in [5.74, 6) is 0.0665. The van der Waals surface area contributed by atoms with Crippen LogP contribution in [0.15, 0.2) is 41.4 Å². The molecule has 0 unspecified atom stereocenters. The predicted molar refractivity (Wildman–Crippen MR) is 103 cm³/mol. The molecule has 0 saturated carbocycles. The number of benzene rings is 1. The van der Waals surface area contributed by atoms with E-state index in [0.717, 1.165) is 0 Å². The predicted octanol–water partition coefficient (Wildman–Crippen LogP) is 1.01. The summed E-state index contributed by atoms with van der Waals surface area (Å²) in [7, 11) is -3.74. The molecule has 0 aliphatic carbocycles. The summed E-state index contributed by atoms with van der Waals surface area (Å²) in [4.78, 5) is 25.7. The van der Waals surface area contributed by atoms with Crippen LogP contribution in [0, 0.1) is 0 Å². The van der Waals surface area contributed by atoms with Crippen LogP contribution in [0.2, 0.25) is 0 Å². The van der Waals surface area contributed by atoms with Gasteiger partial charge in [0.25, 0.3) is 5.91 Å². The van der Waals surface area contributed by atoms with Crippen LogP contribution in [0.5, 0.6) is 0 Å². The van der Waals surface area contributed by atoms with Gasteiger partial charge in [0.15, 0.2) is 0 Å². The Morgan fingerprint density at radius 3 is 2.50 bits per heavy atom. The van der Waals surface area contributed by atoms with Crippen molar-refractivity contribution in [1.29, 1.82) is 0 Å². The molecule has 0 atom stereocenters. The van der Waals surface area contributed by atoms with Gasteiger partial charge in [-0.05, 0) is 25.1 Å². The first-order valence-electron chi connectivity index (χ1n) is 9.02. The van der Waals surface area contributed by atoms with Crippen molar-refractivity contribution in [3.8, 4) is 0 Å². The third-order valence-electron chi connectivity index (χ3n) is 4.68. The second-order valence-electron chi connectivity index (χ2n) is 6.42. The molecule has 1 fully saturated rings. The fourth-order valence-corrected chi connectivity index (χ4v) is 4.54. The summed E-state index contributed by atoms with van der Waals surface area (Å²) in [6.45, 7) is 5.15. The molecule has 1 aromatic carbocycles. The van der Waals surface area contributed by atoms with E-state index in [1.807, 2.05) is 6.92 Å². The Bertz CT molecular complexity index is 977. The number of anilines is 1. The minimum atomic E-state index is -3.74. The van der Waals surface area contributed by atoms with E-state index in [9.17, 15) is 18.0 Å². The molecular formula is C18H23N5O4S.